The summed E-state index contributed by atoms with van der Waals surface area (Å²) in [4.78, 5) is 0. The highest BCUT2D eigenvalue weighted by molar-refractivity contribution is 7.63. The van der Waals surface area contributed by atoms with Gasteiger partial charge in [0.05, 0.1) is 5.30 Å². The van der Waals surface area contributed by atoms with Crippen molar-refractivity contribution in [3.8, 4) is 16.9 Å². The summed E-state index contributed by atoms with van der Waals surface area (Å²) in [7, 11) is -3.56. The van der Waals surface area contributed by atoms with E-state index in [9.17, 15) is 4.57 Å². The SMILES string of the molecule is NC(N)NOP1(=O)Oc2ccccc2-c2ccccc21. The number of rotatable bonds is 3. The number of hydrogen-bond donors (Lipinski definition) is 3. The van der Waals surface area contributed by atoms with Gasteiger partial charge < -0.3 is 16.0 Å². The topological polar surface area (TPSA) is 99.6 Å². The van der Waals surface area contributed by atoms with Crippen LogP contribution in [0.5, 0.6) is 5.75 Å². The standard InChI is InChI=1S/C13H14N3O3P/c14-13(15)16-19-20(17)12-8-4-2-6-10(12)9-5-1-3-7-11(9)18-20/h1-8,13,16H,14-15H2. The van der Waals surface area contributed by atoms with E-state index in [1.54, 1.807) is 24.3 Å². The van der Waals surface area contributed by atoms with Crippen molar-refractivity contribution in [1.82, 2.24) is 5.48 Å². The van der Waals surface area contributed by atoms with E-state index in [4.69, 9.17) is 20.6 Å². The third-order valence-corrected chi connectivity index (χ3v) is 4.67. The first-order valence-electron chi connectivity index (χ1n) is 6.04. The summed E-state index contributed by atoms with van der Waals surface area (Å²) in [6.45, 7) is 0. The molecule has 0 aliphatic carbocycles. The Morgan fingerprint density at radius 2 is 1.70 bits per heavy atom. The van der Waals surface area contributed by atoms with E-state index in [1.807, 2.05) is 24.3 Å². The molecule has 104 valence electrons. The molecule has 0 bridgehead atoms. The zero-order chi connectivity index (χ0) is 14.2. The summed E-state index contributed by atoms with van der Waals surface area (Å²) in [6.07, 6.45) is -0.950. The van der Waals surface area contributed by atoms with E-state index < -0.39 is 13.9 Å². The summed E-state index contributed by atoms with van der Waals surface area (Å²) in [5, 5.41) is 0.479. The average Bonchev–Trinajstić information content (AvgIpc) is 2.46. The van der Waals surface area contributed by atoms with Crippen LogP contribution in [0, 0.1) is 0 Å². The molecule has 6 nitrogen and oxygen atoms in total. The quantitative estimate of drug-likeness (QED) is 0.447. The molecule has 0 saturated heterocycles. The van der Waals surface area contributed by atoms with Gasteiger partial charge in [0.1, 0.15) is 12.0 Å². The molecule has 2 aromatic carbocycles. The maximum atomic E-state index is 12.9. The van der Waals surface area contributed by atoms with Gasteiger partial charge in [-0.25, -0.2) is 9.19 Å². The van der Waals surface area contributed by atoms with Gasteiger partial charge in [-0.1, -0.05) is 36.4 Å². The van der Waals surface area contributed by atoms with Crippen LogP contribution in [0.15, 0.2) is 48.5 Å². The molecule has 7 heteroatoms. The van der Waals surface area contributed by atoms with Crippen molar-refractivity contribution in [3.05, 3.63) is 48.5 Å². The van der Waals surface area contributed by atoms with Crippen molar-refractivity contribution in [1.29, 1.82) is 0 Å². The van der Waals surface area contributed by atoms with Gasteiger partial charge in [0.15, 0.2) is 0 Å². The maximum absolute atomic E-state index is 12.9. The van der Waals surface area contributed by atoms with Crippen molar-refractivity contribution >= 4 is 12.9 Å². The largest absolute Gasteiger partial charge is 0.427 e. The number of hydroxylamine groups is 1. The van der Waals surface area contributed by atoms with Crippen LogP contribution < -0.4 is 26.8 Å². The second-order valence-electron chi connectivity index (χ2n) is 4.34. The second-order valence-corrected chi connectivity index (χ2v) is 6.18. The molecule has 3 rings (SSSR count). The Balaban J connectivity index is 2.11. The summed E-state index contributed by atoms with van der Waals surface area (Å²) in [6, 6.07) is 14.6. The molecule has 1 unspecified atom stereocenters. The lowest BCUT2D eigenvalue weighted by Gasteiger charge is -2.27. The highest BCUT2D eigenvalue weighted by Gasteiger charge is 2.38. The normalized spacial score (nSPS) is 20.1. The first-order chi connectivity index (χ1) is 9.60. The van der Waals surface area contributed by atoms with Crippen LogP contribution in [0.4, 0.5) is 0 Å². The number of benzene rings is 2. The van der Waals surface area contributed by atoms with Gasteiger partial charge in [-0.3, -0.25) is 0 Å². The molecule has 1 atom stereocenters. The van der Waals surface area contributed by atoms with Crippen LogP contribution in [-0.4, -0.2) is 6.29 Å². The lowest BCUT2D eigenvalue weighted by atomic mass is 10.0. The molecule has 0 amide bonds. The van der Waals surface area contributed by atoms with E-state index in [-0.39, 0.29) is 0 Å². The van der Waals surface area contributed by atoms with Gasteiger partial charge >= 0.3 is 7.60 Å². The molecular weight excluding hydrogens is 277 g/mol. The van der Waals surface area contributed by atoms with Crippen molar-refractivity contribution < 1.29 is 13.7 Å². The maximum Gasteiger partial charge on any atom is 0.427 e. The summed E-state index contributed by atoms with van der Waals surface area (Å²) in [5.74, 6) is 0.502. The Morgan fingerprint density at radius 1 is 1.05 bits per heavy atom. The Kier molecular flexibility index (Phi) is 3.33. The first kappa shape index (κ1) is 13.3. The van der Waals surface area contributed by atoms with Gasteiger partial charge in [0, 0.05) is 11.1 Å². The fourth-order valence-corrected chi connectivity index (χ4v) is 3.76. The Bertz CT molecular complexity index is 690. The minimum atomic E-state index is -3.56. The zero-order valence-corrected chi connectivity index (χ0v) is 11.4. The van der Waals surface area contributed by atoms with Crippen LogP contribution in [-0.2, 0) is 9.19 Å². The van der Waals surface area contributed by atoms with E-state index >= 15 is 0 Å². The fourth-order valence-electron chi connectivity index (χ4n) is 2.09. The molecule has 0 radical (unpaired) electrons. The predicted molar refractivity (Wildman–Crippen MR) is 76.1 cm³/mol. The molecule has 5 N–H and O–H groups in total. The number of hydrogen-bond acceptors (Lipinski definition) is 6. The summed E-state index contributed by atoms with van der Waals surface area (Å²) >= 11 is 0. The Labute approximate surface area is 116 Å². The van der Waals surface area contributed by atoms with Crippen molar-refractivity contribution in [2.45, 2.75) is 6.29 Å². The van der Waals surface area contributed by atoms with Crippen molar-refractivity contribution in [2.24, 2.45) is 11.5 Å². The molecule has 0 fully saturated rings. The van der Waals surface area contributed by atoms with Crippen LogP contribution in [0.2, 0.25) is 0 Å². The number of para-hydroxylation sites is 1. The number of nitrogens with two attached hydrogens (primary N) is 2. The minimum Gasteiger partial charge on any atom is -0.420 e. The molecule has 2 aromatic rings. The van der Waals surface area contributed by atoms with Crippen LogP contribution in [0.25, 0.3) is 11.1 Å². The van der Waals surface area contributed by atoms with Gasteiger partial charge in [-0.05, 0) is 12.1 Å². The molecule has 0 aromatic heterocycles. The molecule has 0 saturated carbocycles. The summed E-state index contributed by atoms with van der Waals surface area (Å²) in [5.41, 5.74) is 14.7. The van der Waals surface area contributed by atoms with E-state index in [1.165, 1.54) is 0 Å². The minimum absolute atomic E-state index is 0.479. The Morgan fingerprint density at radius 3 is 2.45 bits per heavy atom. The van der Waals surface area contributed by atoms with Gasteiger partial charge in [0.25, 0.3) is 0 Å². The third-order valence-electron chi connectivity index (χ3n) is 2.90. The molecule has 0 spiro atoms. The number of fused-ring (bicyclic) bond motifs is 3. The zero-order valence-electron chi connectivity index (χ0n) is 10.5. The van der Waals surface area contributed by atoms with Crippen molar-refractivity contribution in [3.63, 3.8) is 0 Å². The molecule has 1 aliphatic rings. The number of nitrogens with one attached hydrogen (secondary N) is 1. The lowest BCUT2D eigenvalue weighted by Crippen LogP contribution is -2.45. The van der Waals surface area contributed by atoms with Gasteiger partial charge in [0.2, 0.25) is 0 Å². The van der Waals surface area contributed by atoms with E-state index in [0.717, 1.165) is 11.1 Å². The monoisotopic (exact) mass is 291 g/mol. The molecule has 1 aliphatic heterocycles. The predicted octanol–water partition coefficient (Wildman–Crippen LogP) is 1.29. The average molecular weight is 291 g/mol. The van der Waals surface area contributed by atoms with E-state index in [0.29, 0.717) is 11.1 Å². The molecular formula is C13H14N3O3P. The Hall–Kier alpha value is -1.69. The molecule has 20 heavy (non-hydrogen) atoms. The van der Waals surface area contributed by atoms with Crippen LogP contribution in [0.3, 0.4) is 0 Å². The lowest BCUT2D eigenvalue weighted by molar-refractivity contribution is 0.144. The van der Waals surface area contributed by atoms with Crippen LogP contribution >= 0.6 is 7.60 Å². The van der Waals surface area contributed by atoms with E-state index in [2.05, 4.69) is 5.48 Å². The highest BCUT2D eigenvalue weighted by Crippen LogP contribution is 2.54. The smallest absolute Gasteiger partial charge is 0.420 e. The van der Waals surface area contributed by atoms with Crippen molar-refractivity contribution in [2.75, 3.05) is 0 Å². The van der Waals surface area contributed by atoms with Gasteiger partial charge in [-0.2, -0.15) is 5.48 Å². The third kappa shape index (κ3) is 2.24. The second kappa shape index (κ2) is 5.01. The highest BCUT2D eigenvalue weighted by atomic mass is 31.2. The van der Waals surface area contributed by atoms with Gasteiger partial charge in [-0.15, -0.1) is 0 Å². The van der Waals surface area contributed by atoms with Crippen LogP contribution in [0.1, 0.15) is 0 Å². The molecule has 1 heterocycles. The fraction of sp³-hybridized carbons (Fsp3) is 0.0769. The summed E-state index contributed by atoms with van der Waals surface area (Å²) < 4.78 is 23.6. The first-order valence-corrected chi connectivity index (χ1v) is 7.58.